The SMILES string of the molecule is O=C1CCN(c2nc3ccccc3o2)N1. The predicted octanol–water partition coefficient (Wildman–Crippen LogP) is 1.07. The predicted molar refractivity (Wildman–Crippen MR) is 54.1 cm³/mol. The van der Waals surface area contributed by atoms with E-state index in [2.05, 4.69) is 10.4 Å². The fourth-order valence-corrected chi connectivity index (χ4v) is 1.59. The first kappa shape index (κ1) is 8.28. The van der Waals surface area contributed by atoms with Gasteiger partial charge < -0.3 is 4.42 Å². The van der Waals surface area contributed by atoms with Crippen molar-refractivity contribution in [3.05, 3.63) is 24.3 Å². The van der Waals surface area contributed by atoms with E-state index in [9.17, 15) is 4.79 Å². The van der Waals surface area contributed by atoms with Crippen LogP contribution in [-0.4, -0.2) is 17.4 Å². The quantitative estimate of drug-likeness (QED) is 0.753. The van der Waals surface area contributed by atoms with E-state index in [1.54, 1.807) is 5.01 Å². The van der Waals surface area contributed by atoms with Crippen molar-refractivity contribution in [1.29, 1.82) is 0 Å². The second-order valence-electron chi connectivity index (χ2n) is 3.40. The Labute approximate surface area is 85.7 Å². The molecule has 15 heavy (non-hydrogen) atoms. The van der Waals surface area contributed by atoms with Gasteiger partial charge >= 0.3 is 6.01 Å². The Bertz CT molecular complexity index is 487. The van der Waals surface area contributed by atoms with Crippen LogP contribution in [0.4, 0.5) is 6.01 Å². The number of aromatic nitrogens is 1. The summed E-state index contributed by atoms with van der Waals surface area (Å²) in [7, 11) is 0. The second kappa shape index (κ2) is 2.98. The van der Waals surface area contributed by atoms with Gasteiger partial charge in [-0.25, -0.2) is 5.01 Å². The Morgan fingerprint density at radius 3 is 3.00 bits per heavy atom. The number of amides is 1. The molecule has 1 aliphatic rings. The molecule has 1 aromatic heterocycles. The van der Waals surface area contributed by atoms with E-state index in [0.717, 1.165) is 11.1 Å². The van der Waals surface area contributed by atoms with Crippen molar-refractivity contribution in [1.82, 2.24) is 10.4 Å². The summed E-state index contributed by atoms with van der Waals surface area (Å²) >= 11 is 0. The van der Waals surface area contributed by atoms with Crippen LogP contribution in [0, 0.1) is 0 Å². The summed E-state index contributed by atoms with van der Waals surface area (Å²) in [6.45, 7) is 0.603. The number of benzene rings is 1. The number of hydrogen-bond donors (Lipinski definition) is 1. The van der Waals surface area contributed by atoms with E-state index in [1.807, 2.05) is 24.3 Å². The number of para-hydroxylation sites is 2. The van der Waals surface area contributed by atoms with Crippen LogP contribution in [0.15, 0.2) is 28.7 Å². The third-order valence-corrected chi connectivity index (χ3v) is 2.34. The highest BCUT2D eigenvalue weighted by atomic mass is 16.4. The molecule has 1 aromatic carbocycles. The van der Waals surface area contributed by atoms with Crippen molar-refractivity contribution in [2.75, 3.05) is 11.6 Å². The maximum absolute atomic E-state index is 11.0. The summed E-state index contributed by atoms with van der Waals surface area (Å²) < 4.78 is 5.50. The first-order valence-electron chi connectivity index (χ1n) is 4.75. The van der Waals surface area contributed by atoms with Gasteiger partial charge in [0, 0.05) is 6.42 Å². The number of rotatable bonds is 1. The minimum Gasteiger partial charge on any atom is -0.422 e. The normalized spacial score (nSPS) is 16.0. The van der Waals surface area contributed by atoms with Crippen molar-refractivity contribution in [3.63, 3.8) is 0 Å². The summed E-state index contributed by atoms with van der Waals surface area (Å²) in [5, 5.41) is 1.63. The van der Waals surface area contributed by atoms with Crippen LogP contribution < -0.4 is 10.4 Å². The van der Waals surface area contributed by atoms with Crippen molar-refractivity contribution in [3.8, 4) is 0 Å². The highest BCUT2D eigenvalue weighted by molar-refractivity contribution is 5.81. The Balaban J connectivity index is 2.01. The molecule has 5 heteroatoms. The lowest BCUT2D eigenvalue weighted by molar-refractivity contribution is -0.119. The third kappa shape index (κ3) is 1.32. The van der Waals surface area contributed by atoms with Gasteiger partial charge in [-0.05, 0) is 12.1 Å². The molecule has 0 saturated carbocycles. The Kier molecular flexibility index (Phi) is 1.65. The van der Waals surface area contributed by atoms with Gasteiger partial charge in [0.05, 0.1) is 6.54 Å². The van der Waals surface area contributed by atoms with Crippen LogP contribution in [0.3, 0.4) is 0 Å². The summed E-state index contributed by atoms with van der Waals surface area (Å²) in [4.78, 5) is 15.3. The highest BCUT2D eigenvalue weighted by Gasteiger charge is 2.22. The first-order valence-corrected chi connectivity index (χ1v) is 4.75. The molecule has 0 unspecified atom stereocenters. The molecular weight excluding hydrogens is 194 g/mol. The van der Waals surface area contributed by atoms with Gasteiger partial charge in [0.15, 0.2) is 5.58 Å². The van der Waals surface area contributed by atoms with Crippen LogP contribution in [0.2, 0.25) is 0 Å². The molecule has 0 bridgehead atoms. The fourth-order valence-electron chi connectivity index (χ4n) is 1.59. The van der Waals surface area contributed by atoms with E-state index in [1.165, 1.54) is 0 Å². The second-order valence-corrected chi connectivity index (χ2v) is 3.40. The molecule has 0 radical (unpaired) electrons. The molecule has 1 aliphatic heterocycles. The summed E-state index contributed by atoms with van der Waals surface area (Å²) in [6.07, 6.45) is 0.485. The van der Waals surface area contributed by atoms with Crippen molar-refractivity contribution >= 4 is 23.0 Å². The van der Waals surface area contributed by atoms with E-state index >= 15 is 0 Å². The van der Waals surface area contributed by atoms with Crippen LogP contribution in [0.5, 0.6) is 0 Å². The summed E-state index contributed by atoms with van der Waals surface area (Å²) in [5.41, 5.74) is 4.20. The number of oxazole rings is 1. The van der Waals surface area contributed by atoms with Crippen LogP contribution in [0.25, 0.3) is 11.1 Å². The van der Waals surface area contributed by atoms with Crippen LogP contribution in [-0.2, 0) is 4.79 Å². The zero-order chi connectivity index (χ0) is 10.3. The van der Waals surface area contributed by atoms with Gasteiger partial charge in [0.2, 0.25) is 5.91 Å². The summed E-state index contributed by atoms with van der Waals surface area (Å²) in [5.74, 6) is -0.00254. The molecule has 5 nitrogen and oxygen atoms in total. The van der Waals surface area contributed by atoms with E-state index < -0.39 is 0 Å². The topological polar surface area (TPSA) is 58.4 Å². The minimum atomic E-state index is -0.00254. The number of hydrogen-bond acceptors (Lipinski definition) is 4. The Morgan fingerprint density at radius 1 is 1.40 bits per heavy atom. The largest absolute Gasteiger partial charge is 0.422 e. The zero-order valence-electron chi connectivity index (χ0n) is 7.93. The standard InChI is InChI=1S/C10H9N3O2/c14-9-5-6-13(12-9)10-11-7-3-1-2-4-8(7)15-10/h1-4H,5-6H2,(H,12,14). The van der Waals surface area contributed by atoms with Crippen LogP contribution in [0.1, 0.15) is 6.42 Å². The summed E-state index contributed by atoms with van der Waals surface area (Å²) in [6, 6.07) is 7.96. The number of carbonyl (C=O) groups is 1. The maximum Gasteiger partial charge on any atom is 0.317 e. The van der Waals surface area contributed by atoms with Crippen molar-refractivity contribution < 1.29 is 9.21 Å². The number of hydrazine groups is 1. The van der Waals surface area contributed by atoms with Gasteiger partial charge in [-0.2, -0.15) is 4.98 Å². The molecule has 0 aliphatic carbocycles. The van der Waals surface area contributed by atoms with Crippen molar-refractivity contribution in [2.24, 2.45) is 0 Å². The number of carbonyl (C=O) groups excluding carboxylic acids is 1. The lowest BCUT2D eigenvalue weighted by atomic mass is 10.3. The average molecular weight is 203 g/mol. The van der Waals surface area contributed by atoms with Crippen molar-refractivity contribution in [2.45, 2.75) is 6.42 Å². The minimum absolute atomic E-state index is 0.00254. The van der Waals surface area contributed by atoms with E-state index in [4.69, 9.17) is 4.42 Å². The number of anilines is 1. The average Bonchev–Trinajstić information content (AvgIpc) is 2.82. The van der Waals surface area contributed by atoms with Gasteiger partial charge in [0.1, 0.15) is 5.52 Å². The molecule has 76 valence electrons. The lowest BCUT2D eigenvalue weighted by Crippen LogP contribution is -2.33. The smallest absolute Gasteiger partial charge is 0.317 e. The maximum atomic E-state index is 11.0. The Hall–Kier alpha value is -2.04. The van der Waals surface area contributed by atoms with Gasteiger partial charge in [-0.15, -0.1) is 0 Å². The molecular formula is C10H9N3O2. The first-order chi connectivity index (χ1) is 7.33. The van der Waals surface area contributed by atoms with E-state index in [0.29, 0.717) is 19.0 Å². The van der Waals surface area contributed by atoms with Gasteiger partial charge in [-0.1, -0.05) is 12.1 Å². The molecule has 1 saturated heterocycles. The molecule has 3 rings (SSSR count). The zero-order valence-corrected chi connectivity index (χ0v) is 7.93. The Morgan fingerprint density at radius 2 is 2.27 bits per heavy atom. The fraction of sp³-hybridized carbons (Fsp3) is 0.200. The molecule has 0 atom stereocenters. The number of nitrogens with zero attached hydrogens (tertiary/aromatic N) is 2. The van der Waals surface area contributed by atoms with Crippen LogP contribution >= 0.6 is 0 Å². The monoisotopic (exact) mass is 203 g/mol. The highest BCUT2D eigenvalue weighted by Crippen LogP contribution is 2.21. The third-order valence-electron chi connectivity index (χ3n) is 2.34. The lowest BCUT2D eigenvalue weighted by Gasteiger charge is -2.10. The molecule has 2 heterocycles. The molecule has 1 N–H and O–H groups in total. The molecule has 1 fully saturated rings. The number of fused-ring (bicyclic) bond motifs is 1. The number of nitrogens with one attached hydrogen (secondary N) is 1. The molecule has 2 aromatic rings. The molecule has 0 spiro atoms. The van der Waals surface area contributed by atoms with Gasteiger partial charge in [0.25, 0.3) is 0 Å². The molecule has 1 amide bonds. The van der Waals surface area contributed by atoms with E-state index in [-0.39, 0.29) is 5.91 Å². The van der Waals surface area contributed by atoms with Gasteiger partial charge in [-0.3, -0.25) is 10.2 Å².